The molecule has 1 aromatic heterocycles. The van der Waals surface area contributed by atoms with Gasteiger partial charge in [0.15, 0.2) is 0 Å². The predicted molar refractivity (Wildman–Crippen MR) is 66.8 cm³/mol. The Morgan fingerprint density at radius 1 is 1.39 bits per heavy atom. The summed E-state index contributed by atoms with van der Waals surface area (Å²) in [7, 11) is 0. The highest BCUT2D eigenvalue weighted by Gasteiger charge is 2.24. The first-order valence-electron chi connectivity index (χ1n) is 6.06. The number of aromatic nitrogens is 1. The summed E-state index contributed by atoms with van der Waals surface area (Å²) in [5.74, 6) is -0.0279. The van der Waals surface area contributed by atoms with E-state index in [-0.39, 0.29) is 11.9 Å². The van der Waals surface area contributed by atoms with Crippen LogP contribution in [0.3, 0.4) is 0 Å². The Labute approximate surface area is 107 Å². The Hall–Kier alpha value is -1.93. The highest BCUT2D eigenvalue weighted by molar-refractivity contribution is 5.92. The summed E-state index contributed by atoms with van der Waals surface area (Å²) in [6, 6.07) is 7.47. The third-order valence-corrected chi connectivity index (χ3v) is 3.22. The number of piperazine rings is 1. The molecule has 0 saturated carbocycles. The van der Waals surface area contributed by atoms with Gasteiger partial charge in [-0.05, 0) is 19.1 Å². The summed E-state index contributed by atoms with van der Waals surface area (Å²) < 4.78 is 0. The van der Waals surface area contributed by atoms with Gasteiger partial charge in [-0.25, -0.2) is 0 Å². The molecule has 1 atom stereocenters. The summed E-state index contributed by atoms with van der Waals surface area (Å²) in [5, 5.41) is 8.86. The summed E-state index contributed by atoms with van der Waals surface area (Å²) in [5.41, 5.74) is 0.485. The third kappa shape index (κ3) is 2.66. The minimum absolute atomic E-state index is 0.0279. The number of amides is 1. The maximum atomic E-state index is 12.1. The quantitative estimate of drug-likeness (QED) is 0.770. The molecule has 1 unspecified atom stereocenters. The smallest absolute Gasteiger partial charge is 0.272 e. The molecule has 5 heteroatoms. The molecule has 0 bridgehead atoms. The topological polar surface area (TPSA) is 60.2 Å². The van der Waals surface area contributed by atoms with Crippen molar-refractivity contribution >= 4 is 5.91 Å². The lowest BCUT2D eigenvalue weighted by Gasteiger charge is -2.35. The molecule has 1 amide bonds. The van der Waals surface area contributed by atoms with Crippen LogP contribution >= 0.6 is 0 Å². The van der Waals surface area contributed by atoms with Gasteiger partial charge in [0.25, 0.3) is 5.91 Å². The van der Waals surface area contributed by atoms with Crippen LogP contribution in [-0.2, 0) is 0 Å². The Balaban J connectivity index is 1.95. The van der Waals surface area contributed by atoms with Crippen molar-refractivity contribution in [3.8, 4) is 6.07 Å². The number of nitrogens with zero attached hydrogens (tertiary/aromatic N) is 4. The van der Waals surface area contributed by atoms with E-state index in [4.69, 9.17) is 5.26 Å². The van der Waals surface area contributed by atoms with E-state index < -0.39 is 0 Å². The standard InChI is InChI=1S/C13H16N4O/c1-11(10-14)16-6-8-17(9-7-16)13(18)12-4-2-3-5-15-12/h2-5,11H,6-9H2,1H3. The predicted octanol–water partition coefficient (Wildman–Crippen LogP) is 0.751. The van der Waals surface area contributed by atoms with Crippen LogP contribution in [0.15, 0.2) is 24.4 Å². The second kappa shape index (κ2) is 5.61. The van der Waals surface area contributed by atoms with Crippen LogP contribution in [0.4, 0.5) is 0 Å². The lowest BCUT2D eigenvalue weighted by atomic mass is 10.2. The Bertz CT molecular complexity index is 446. The van der Waals surface area contributed by atoms with Gasteiger partial charge in [-0.2, -0.15) is 5.26 Å². The van der Waals surface area contributed by atoms with Crippen molar-refractivity contribution in [3.63, 3.8) is 0 Å². The first-order valence-corrected chi connectivity index (χ1v) is 6.06. The molecular weight excluding hydrogens is 228 g/mol. The molecule has 1 fully saturated rings. The van der Waals surface area contributed by atoms with Crippen LogP contribution in [0.25, 0.3) is 0 Å². The van der Waals surface area contributed by atoms with Crippen LogP contribution in [0, 0.1) is 11.3 Å². The fourth-order valence-electron chi connectivity index (χ4n) is 2.05. The second-order valence-electron chi connectivity index (χ2n) is 4.35. The molecule has 18 heavy (non-hydrogen) atoms. The Kier molecular flexibility index (Phi) is 3.90. The van der Waals surface area contributed by atoms with Gasteiger partial charge in [0, 0.05) is 32.4 Å². The Morgan fingerprint density at radius 3 is 2.67 bits per heavy atom. The van der Waals surface area contributed by atoms with Crippen LogP contribution in [0.2, 0.25) is 0 Å². The first kappa shape index (κ1) is 12.5. The average Bonchev–Trinajstić information content (AvgIpc) is 2.47. The van der Waals surface area contributed by atoms with E-state index in [9.17, 15) is 4.79 Å². The average molecular weight is 244 g/mol. The van der Waals surface area contributed by atoms with E-state index in [1.165, 1.54) is 0 Å². The normalized spacial score (nSPS) is 18.1. The van der Waals surface area contributed by atoms with Crippen molar-refractivity contribution in [2.45, 2.75) is 13.0 Å². The van der Waals surface area contributed by atoms with Crippen LogP contribution in [0.5, 0.6) is 0 Å². The Morgan fingerprint density at radius 2 is 2.11 bits per heavy atom. The largest absolute Gasteiger partial charge is 0.335 e. The number of hydrogen-bond donors (Lipinski definition) is 0. The van der Waals surface area contributed by atoms with Crippen molar-refractivity contribution < 1.29 is 4.79 Å². The zero-order valence-electron chi connectivity index (χ0n) is 10.4. The van der Waals surface area contributed by atoms with Crippen molar-refractivity contribution in [1.29, 1.82) is 5.26 Å². The molecule has 0 N–H and O–H groups in total. The molecule has 2 rings (SSSR count). The maximum absolute atomic E-state index is 12.1. The second-order valence-corrected chi connectivity index (χ2v) is 4.35. The molecule has 1 saturated heterocycles. The number of carbonyl (C=O) groups is 1. The van der Waals surface area contributed by atoms with Gasteiger partial charge in [-0.1, -0.05) is 6.07 Å². The first-order chi connectivity index (χ1) is 8.72. The van der Waals surface area contributed by atoms with Crippen LogP contribution in [-0.4, -0.2) is 52.9 Å². The maximum Gasteiger partial charge on any atom is 0.272 e. The van der Waals surface area contributed by atoms with E-state index in [0.29, 0.717) is 18.8 Å². The SMILES string of the molecule is CC(C#N)N1CCN(C(=O)c2ccccn2)CC1. The molecule has 1 aromatic rings. The van der Waals surface area contributed by atoms with Gasteiger partial charge < -0.3 is 4.90 Å². The summed E-state index contributed by atoms with van der Waals surface area (Å²) >= 11 is 0. The van der Waals surface area contributed by atoms with E-state index in [1.807, 2.05) is 13.0 Å². The molecule has 94 valence electrons. The number of hydrogen-bond acceptors (Lipinski definition) is 4. The van der Waals surface area contributed by atoms with Crippen molar-refractivity contribution in [1.82, 2.24) is 14.8 Å². The van der Waals surface area contributed by atoms with Crippen molar-refractivity contribution in [3.05, 3.63) is 30.1 Å². The van der Waals surface area contributed by atoms with Gasteiger partial charge in [-0.15, -0.1) is 0 Å². The van der Waals surface area contributed by atoms with E-state index in [1.54, 1.807) is 23.2 Å². The fourth-order valence-corrected chi connectivity index (χ4v) is 2.05. The number of carbonyl (C=O) groups excluding carboxylic acids is 1. The minimum atomic E-state index is -0.0860. The van der Waals surface area contributed by atoms with Crippen LogP contribution in [0.1, 0.15) is 17.4 Å². The van der Waals surface area contributed by atoms with Crippen molar-refractivity contribution in [2.75, 3.05) is 26.2 Å². The minimum Gasteiger partial charge on any atom is -0.335 e. The van der Waals surface area contributed by atoms with Gasteiger partial charge in [0.05, 0.1) is 12.1 Å². The molecule has 2 heterocycles. The number of pyridine rings is 1. The van der Waals surface area contributed by atoms with Crippen LogP contribution < -0.4 is 0 Å². The number of rotatable bonds is 2. The zero-order chi connectivity index (χ0) is 13.0. The third-order valence-electron chi connectivity index (χ3n) is 3.22. The van der Waals surface area contributed by atoms with E-state index >= 15 is 0 Å². The van der Waals surface area contributed by atoms with Gasteiger partial charge in [0.2, 0.25) is 0 Å². The highest BCUT2D eigenvalue weighted by Crippen LogP contribution is 2.09. The van der Waals surface area contributed by atoms with Crippen molar-refractivity contribution in [2.24, 2.45) is 0 Å². The molecule has 1 aliphatic heterocycles. The molecule has 1 aliphatic rings. The molecule has 0 radical (unpaired) electrons. The molecule has 0 spiro atoms. The highest BCUT2D eigenvalue weighted by atomic mass is 16.2. The van der Waals surface area contributed by atoms with Gasteiger partial charge in [0.1, 0.15) is 5.69 Å². The monoisotopic (exact) mass is 244 g/mol. The summed E-state index contributed by atoms with van der Waals surface area (Å²) in [4.78, 5) is 20.1. The fraction of sp³-hybridized carbons (Fsp3) is 0.462. The lowest BCUT2D eigenvalue weighted by molar-refractivity contribution is 0.0610. The van der Waals surface area contributed by atoms with Gasteiger partial charge in [-0.3, -0.25) is 14.7 Å². The lowest BCUT2D eigenvalue weighted by Crippen LogP contribution is -2.51. The van der Waals surface area contributed by atoms with E-state index in [0.717, 1.165) is 13.1 Å². The zero-order valence-corrected chi connectivity index (χ0v) is 10.4. The van der Waals surface area contributed by atoms with Gasteiger partial charge >= 0.3 is 0 Å². The molecular formula is C13H16N4O. The summed E-state index contributed by atoms with van der Waals surface area (Å²) in [6.07, 6.45) is 1.63. The molecule has 0 aliphatic carbocycles. The summed E-state index contributed by atoms with van der Waals surface area (Å²) in [6.45, 7) is 4.68. The van der Waals surface area contributed by atoms with E-state index in [2.05, 4.69) is 16.0 Å². The molecule has 0 aromatic carbocycles. The molecule has 5 nitrogen and oxygen atoms in total. The number of nitriles is 1.